The van der Waals surface area contributed by atoms with Crippen LogP contribution in [0.15, 0.2) is 42.5 Å². The van der Waals surface area contributed by atoms with E-state index in [9.17, 15) is 22.8 Å². The number of fused-ring (bicyclic) bond motifs is 1. The summed E-state index contributed by atoms with van der Waals surface area (Å²) >= 11 is 0. The molecule has 2 aromatic rings. The van der Waals surface area contributed by atoms with Crippen LogP contribution in [0.3, 0.4) is 0 Å². The highest BCUT2D eigenvalue weighted by Gasteiger charge is 2.43. The first-order chi connectivity index (χ1) is 13.7. The summed E-state index contributed by atoms with van der Waals surface area (Å²) in [5.41, 5.74) is 0.397. The van der Waals surface area contributed by atoms with Crippen LogP contribution < -0.4 is 4.74 Å². The first-order valence-corrected chi connectivity index (χ1v) is 9.46. The minimum Gasteiger partial charge on any atom is -0.486 e. The summed E-state index contributed by atoms with van der Waals surface area (Å²) < 4.78 is 44.3. The van der Waals surface area contributed by atoms with Gasteiger partial charge in [-0.15, -0.1) is 0 Å². The number of benzene rings is 2. The average Bonchev–Trinajstić information content (AvgIpc) is 2.68. The van der Waals surface area contributed by atoms with E-state index in [1.54, 1.807) is 4.90 Å². The van der Waals surface area contributed by atoms with E-state index < -0.39 is 17.3 Å². The molecule has 0 aliphatic carbocycles. The number of piperidine rings is 1. The fourth-order valence-corrected chi connectivity index (χ4v) is 3.99. The summed E-state index contributed by atoms with van der Waals surface area (Å²) in [6.45, 7) is 2.69. The molecule has 1 saturated heterocycles. The number of ketones is 1. The van der Waals surface area contributed by atoms with Gasteiger partial charge in [0.05, 0.1) is 17.5 Å². The summed E-state index contributed by atoms with van der Waals surface area (Å²) in [5, 5.41) is 0. The van der Waals surface area contributed by atoms with Crippen LogP contribution >= 0.6 is 0 Å². The second kappa shape index (κ2) is 6.90. The monoisotopic (exact) mass is 403 g/mol. The Kier molecular flexibility index (Phi) is 4.63. The summed E-state index contributed by atoms with van der Waals surface area (Å²) in [6.07, 6.45) is -3.17. The Morgan fingerprint density at radius 1 is 1.07 bits per heavy atom. The molecule has 0 saturated carbocycles. The number of halogens is 3. The molecule has 2 aromatic carbocycles. The first kappa shape index (κ1) is 19.5. The number of ether oxygens (including phenoxy) is 1. The van der Waals surface area contributed by atoms with Gasteiger partial charge >= 0.3 is 6.18 Å². The zero-order valence-corrected chi connectivity index (χ0v) is 15.9. The number of hydrogen-bond acceptors (Lipinski definition) is 3. The highest BCUT2D eigenvalue weighted by atomic mass is 19.4. The molecular formula is C22H20F3NO3. The largest absolute Gasteiger partial charge is 0.486 e. The minimum atomic E-state index is -4.43. The normalized spacial score (nSPS) is 18.3. The maximum absolute atomic E-state index is 12.7. The Bertz CT molecular complexity index is 958. The fraction of sp³-hybridized carbons (Fsp3) is 0.364. The van der Waals surface area contributed by atoms with E-state index >= 15 is 0 Å². The summed E-state index contributed by atoms with van der Waals surface area (Å²) in [4.78, 5) is 26.9. The van der Waals surface area contributed by atoms with Crippen molar-refractivity contribution in [3.63, 3.8) is 0 Å². The maximum atomic E-state index is 12.7. The van der Waals surface area contributed by atoms with Crippen molar-refractivity contribution in [3.05, 3.63) is 64.7 Å². The van der Waals surface area contributed by atoms with E-state index in [-0.39, 0.29) is 23.7 Å². The second-order valence-electron chi connectivity index (χ2n) is 7.75. The molecule has 1 fully saturated rings. The number of alkyl halides is 3. The van der Waals surface area contributed by atoms with Gasteiger partial charge < -0.3 is 9.64 Å². The molecule has 2 aliphatic rings. The maximum Gasteiger partial charge on any atom is 0.416 e. The lowest BCUT2D eigenvalue weighted by Crippen LogP contribution is -2.52. The molecule has 1 amide bonds. The average molecular weight is 403 g/mol. The molecule has 7 heteroatoms. The van der Waals surface area contributed by atoms with Crippen molar-refractivity contribution in [2.24, 2.45) is 0 Å². The van der Waals surface area contributed by atoms with Crippen molar-refractivity contribution < 1.29 is 27.5 Å². The molecule has 0 atom stereocenters. The van der Waals surface area contributed by atoms with Crippen LogP contribution in [0.2, 0.25) is 0 Å². The Morgan fingerprint density at radius 2 is 1.72 bits per heavy atom. The lowest BCUT2D eigenvalue weighted by Gasteiger charge is -2.44. The van der Waals surface area contributed by atoms with Gasteiger partial charge in [0.15, 0.2) is 5.78 Å². The molecule has 152 valence electrons. The molecule has 0 N–H and O–H groups in total. The van der Waals surface area contributed by atoms with Crippen LogP contribution in [0.1, 0.15) is 51.1 Å². The summed E-state index contributed by atoms with van der Waals surface area (Å²) in [5.74, 6) is 0.304. The second-order valence-corrected chi connectivity index (χ2v) is 7.75. The van der Waals surface area contributed by atoms with Gasteiger partial charge in [0.25, 0.3) is 5.91 Å². The van der Waals surface area contributed by atoms with Crippen LogP contribution in [0.25, 0.3) is 0 Å². The topological polar surface area (TPSA) is 46.6 Å². The third-order valence-electron chi connectivity index (χ3n) is 5.67. The van der Waals surface area contributed by atoms with Crippen LogP contribution in [-0.2, 0) is 6.18 Å². The minimum absolute atomic E-state index is 0.0393. The van der Waals surface area contributed by atoms with Gasteiger partial charge in [-0.25, -0.2) is 0 Å². The molecule has 4 nitrogen and oxygen atoms in total. The lowest BCUT2D eigenvalue weighted by molar-refractivity contribution is -0.137. The number of carbonyl (C=O) groups excluding carboxylic acids is 2. The number of aryl methyl sites for hydroxylation is 1. The van der Waals surface area contributed by atoms with Gasteiger partial charge in [-0.05, 0) is 43.3 Å². The van der Waals surface area contributed by atoms with E-state index in [4.69, 9.17) is 4.74 Å². The number of rotatable bonds is 1. The Hall–Kier alpha value is -2.83. The molecule has 29 heavy (non-hydrogen) atoms. The number of nitrogens with zero attached hydrogens (tertiary/aromatic N) is 1. The van der Waals surface area contributed by atoms with E-state index in [1.165, 1.54) is 12.1 Å². The quantitative estimate of drug-likeness (QED) is 0.696. The number of carbonyl (C=O) groups is 2. The van der Waals surface area contributed by atoms with Gasteiger partial charge in [0.1, 0.15) is 11.4 Å². The van der Waals surface area contributed by atoms with E-state index in [0.717, 1.165) is 17.7 Å². The van der Waals surface area contributed by atoms with Crippen LogP contribution in [0.5, 0.6) is 5.75 Å². The molecule has 0 unspecified atom stereocenters. The SMILES string of the molecule is Cc1ccc2c(c1)C(=O)CC1(CCN(C(=O)c3ccc(C(F)(F)F)cc3)CC1)O2. The smallest absolute Gasteiger partial charge is 0.416 e. The number of likely N-dealkylation sites (tertiary alicyclic amines) is 1. The van der Waals surface area contributed by atoms with Crippen molar-refractivity contribution in [1.29, 1.82) is 0 Å². The molecular weight excluding hydrogens is 383 g/mol. The van der Waals surface area contributed by atoms with Gasteiger partial charge in [-0.3, -0.25) is 9.59 Å². The van der Waals surface area contributed by atoms with Crippen molar-refractivity contribution >= 4 is 11.7 Å². The zero-order valence-electron chi connectivity index (χ0n) is 15.9. The fourth-order valence-electron chi connectivity index (χ4n) is 3.99. The van der Waals surface area contributed by atoms with Crippen LogP contribution in [0, 0.1) is 6.92 Å². The Morgan fingerprint density at radius 3 is 2.34 bits per heavy atom. The van der Waals surface area contributed by atoms with Crippen molar-refractivity contribution in [2.45, 2.75) is 38.0 Å². The molecule has 2 aliphatic heterocycles. The first-order valence-electron chi connectivity index (χ1n) is 9.46. The van der Waals surface area contributed by atoms with Gasteiger partial charge in [0, 0.05) is 31.5 Å². The molecule has 4 rings (SSSR count). The van der Waals surface area contributed by atoms with Gasteiger partial charge in [0.2, 0.25) is 0 Å². The van der Waals surface area contributed by atoms with E-state index in [0.29, 0.717) is 37.2 Å². The van der Waals surface area contributed by atoms with Crippen LogP contribution in [0.4, 0.5) is 13.2 Å². The highest BCUT2D eigenvalue weighted by molar-refractivity contribution is 6.00. The Balaban J connectivity index is 1.45. The Labute approximate surface area is 166 Å². The molecule has 1 spiro atoms. The van der Waals surface area contributed by atoms with Gasteiger partial charge in [-0.2, -0.15) is 13.2 Å². The number of Topliss-reactive ketones (excluding diaryl/α,β-unsaturated/α-hetero) is 1. The predicted molar refractivity (Wildman–Crippen MR) is 100 cm³/mol. The predicted octanol–water partition coefficient (Wildman–Crippen LogP) is 4.65. The highest BCUT2D eigenvalue weighted by Crippen LogP contribution is 2.40. The molecule has 0 radical (unpaired) electrons. The summed E-state index contributed by atoms with van der Waals surface area (Å²) in [6, 6.07) is 9.77. The molecule has 0 bridgehead atoms. The zero-order chi connectivity index (χ0) is 20.8. The van der Waals surface area contributed by atoms with Crippen molar-refractivity contribution in [1.82, 2.24) is 4.90 Å². The van der Waals surface area contributed by atoms with Crippen molar-refractivity contribution in [3.8, 4) is 5.75 Å². The number of hydrogen-bond donors (Lipinski definition) is 0. The standard InChI is InChI=1S/C22H20F3NO3/c1-14-2-7-19-17(12-14)18(27)13-21(29-19)8-10-26(11-9-21)20(28)15-3-5-16(6-4-15)22(23,24)25/h2-7,12H,8-11,13H2,1H3. The van der Waals surface area contributed by atoms with E-state index in [1.807, 2.05) is 25.1 Å². The number of amides is 1. The molecule has 2 heterocycles. The van der Waals surface area contributed by atoms with Crippen molar-refractivity contribution in [2.75, 3.05) is 13.1 Å². The van der Waals surface area contributed by atoms with Gasteiger partial charge in [-0.1, -0.05) is 11.6 Å². The third-order valence-corrected chi connectivity index (χ3v) is 5.67. The third kappa shape index (κ3) is 3.73. The molecule has 0 aromatic heterocycles. The summed E-state index contributed by atoms with van der Waals surface area (Å²) in [7, 11) is 0. The lowest BCUT2D eigenvalue weighted by atomic mass is 9.82. The van der Waals surface area contributed by atoms with Crippen LogP contribution in [-0.4, -0.2) is 35.3 Å². The van der Waals surface area contributed by atoms with E-state index in [2.05, 4.69) is 0 Å².